The number of ether oxygens (including phenoxy) is 1. The molecule has 164 valence electrons. The second-order valence-corrected chi connectivity index (χ2v) is 7.26. The van der Waals surface area contributed by atoms with Crippen LogP contribution in [0.1, 0.15) is 44.1 Å². The summed E-state index contributed by atoms with van der Waals surface area (Å²) in [5.74, 6) is 0.808. The molecule has 0 unspecified atom stereocenters. The summed E-state index contributed by atoms with van der Waals surface area (Å²) < 4.78 is 9.58. The van der Waals surface area contributed by atoms with Gasteiger partial charge < -0.3 is 30.7 Å². The molecule has 0 spiro atoms. The van der Waals surface area contributed by atoms with Gasteiger partial charge in [0.2, 0.25) is 5.62 Å². The highest BCUT2D eigenvalue weighted by molar-refractivity contribution is 5.94. The SMILES string of the molecule is N=C(N)NCCCCCCCCn1ccn(CCOc2ccc(C(=N)N)cc2)c1=N. The van der Waals surface area contributed by atoms with Gasteiger partial charge in [-0.2, -0.15) is 0 Å². The van der Waals surface area contributed by atoms with E-state index < -0.39 is 0 Å². The van der Waals surface area contributed by atoms with Gasteiger partial charge in [0.1, 0.15) is 18.2 Å². The number of guanidine groups is 1. The summed E-state index contributed by atoms with van der Waals surface area (Å²) in [6.07, 6.45) is 10.6. The van der Waals surface area contributed by atoms with Crippen molar-refractivity contribution >= 4 is 11.8 Å². The van der Waals surface area contributed by atoms with Gasteiger partial charge in [-0.3, -0.25) is 16.2 Å². The molecule has 1 aromatic heterocycles. The molecule has 8 N–H and O–H groups in total. The fourth-order valence-corrected chi connectivity index (χ4v) is 3.16. The number of benzene rings is 1. The minimum absolute atomic E-state index is 0.0410. The molecule has 30 heavy (non-hydrogen) atoms. The highest BCUT2D eigenvalue weighted by Crippen LogP contribution is 2.11. The van der Waals surface area contributed by atoms with E-state index in [9.17, 15) is 0 Å². The number of hydrogen-bond acceptors (Lipinski definition) is 4. The second-order valence-electron chi connectivity index (χ2n) is 7.26. The number of hydrogen-bond donors (Lipinski definition) is 6. The summed E-state index contributed by atoms with van der Waals surface area (Å²) in [6, 6.07) is 7.13. The van der Waals surface area contributed by atoms with Gasteiger partial charge in [0.25, 0.3) is 0 Å². The Morgan fingerprint density at radius 3 is 2.10 bits per heavy atom. The van der Waals surface area contributed by atoms with Crippen molar-refractivity contribution in [3.63, 3.8) is 0 Å². The quantitative estimate of drug-likeness (QED) is 0.159. The van der Waals surface area contributed by atoms with Crippen molar-refractivity contribution in [1.82, 2.24) is 14.5 Å². The Morgan fingerprint density at radius 1 is 0.867 bits per heavy atom. The zero-order valence-corrected chi connectivity index (χ0v) is 17.5. The first kappa shape index (κ1) is 23.1. The van der Waals surface area contributed by atoms with Crippen LogP contribution in [0.15, 0.2) is 36.7 Å². The summed E-state index contributed by atoms with van der Waals surface area (Å²) in [5.41, 5.74) is 11.9. The lowest BCUT2D eigenvalue weighted by molar-refractivity contribution is 0.294. The summed E-state index contributed by atoms with van der Waals surface area (Å²) in [4.78, 5) is 0. The maximum Gasteiger partial charge on any atom is 0.202 e. The molecule has 9 heteroatoms. The molecule has 0 aliphatic heterocycles. The first-order valence-corrected chi connectivity index (χ1v) is 10.4. The molecular formula is C21H34N8O. The van der Waals surface area contributed by atoms with E-state index in [2.05, 4.69) is 5.32 Å². The molecule has 0 aliphatic carbocycles. The molecule has 0 bridgehead atoms. The monoisotopic (exact) mass is 414 g/mol. The van der Waals surface area contributed by atoms with E-state index in [1.165, 1.54) is 12.8 Å². The minimum atomic E-state index is 0.0410. The van der Waals surface area contributed by atoms with Crippen LogP contribution in [0.4, 0.5) is 0 Å². The van der Waals surface area contributed by atoms with E-state index in [1.54, 1.807) is 24.3 Å². The van der Waals surface area contributed by atoms with Crippen molar-refractivity contribution in [2.75, 3.05) is 13.2 Å². The largest absolute Gasteiger partial charge is 0.492 e. The first-order chi connectivity index (χ1) is 14.5. The van der Waals surface area contributed by atoms with E-state index in [1.807, 2.05) is 21.5 Å². The maximum atomic E-state index is 8.31. The van der Waals surface area contributed by atoms with Gasteiger partial charge in [-0.1, -0.05) is 25.7 Å². The van der Waals surface area contributed by atoms with Gasteiger partial charge in [-0.25, -0.2) is 0 Å². The van der Waals surface area contributed by atoms with Crippen molar-refractivity contribution in [2.24, 2.45) is 11.5 Å². The predicted molar refractivity (Wildman–Crippen MR) is 119 cm³/mol. The van der Waals surface area contributed by atoms with Crippen LogP contribution < -0.4 is 27.1 Å². The Hall–Kier alpha value is -3.23. The van der Waals surface area contributed by atoms with E-state index in [0.29, 0.717) is 24.3 Å². The lowest BCUT2D eigenvalue weighted by atomic mass is 10.1. The normalized spacial score (nSPS) is 10.7. The molecule has 0 radical (unpaired) electrons. The van der Waals surface area contributed by atoms with E-state index in [4.69, 9.17) is 32.4 Å². The Morgan fingerprint density at radius 2 is 1.47 bits per heavy atom. The smallest absolute Gasteiger partial charge is 0.202 e. The molecule has 1 heterocycles. The molecule has 9 nitrogen and oxygen atoms in total. The van der Waals surface area contributed by atoms with Crippen molar-refractivity contribution in [1.29, 1.82) is 16.2 Å². The van der Waals surface area contributed by atoms with Crippen LogP contribution in [-0.4, -0.2) is 34.1 Å². The average molecular weight is 415 g/mol. The van der Waals surface area contributed by atoms with Crippen LogP contribution >= 0.6 is 0 Å². The zero-order valence-electron chi connectivity index (χ0n) is 17.5. The summed E-state index contributed by atoms with van der Waals surface area (Å²) >= 11 is 0. The Labute approximate surface area is 177 Å². The number of aromatic nitrogens is 2. The number of amidine groups is 1. The van der Waals surface area contributed by atoms with Gasteiger partial charge in [0.05, 0.1) is 6.54 Å². The summed E-state index contributed by atoms with van der Waals surface area (Å²) in [5, 5.41) is 25.6. The number of nitrogens with two attached hydrogens (primary N) is 2. The molecule has 0 aliphatic rings. The number of rotatable bonds is 14. The van der Waals surface area contributed by atoms with E-state index in [0.717, 1.165) is 44.5 Å². The van der Waals surface area contributed by atoms with Crippen molar-refractivity contribution in [3.05, 3.63) is 47.8 Å². The van der Waals surface area contributed by atoms with Crippen molar-refractivity contribution in [2.45, 2.75) is 51.6 Å². The van der Waals surface area contributed by atoms with Gasteiger partial charge in [-0.05, 0) is 37.1 Å². The molecule has 0 amide bonds. The standard InChI is InChI=1S/C21H34N8O/c22-19(23)17-7-9-18(10-8-17)30-16-15-29-14-13-28(21(29)26)12-6-4-2-1-3-5-11-27-20(24)25/h7-10,13-14,26H,1-6,11-12,15-16H2,(H3,22,23)(H4,24,25,27). The molecule has 0 saturated carbocycles. The topological polar surface area (TPSA) is 155 Å². The van der Waals surface area contributed by atoms with Crippen LogP contribution in [0, 0.1) is 16.2 Å². The lowest BCUT2D eigenvalue weighted by Crippen LogP contribution is -2.30. The lowest BCUT2D eigenvalue weighted by Gasteiger charge is -2.08. The fourth-order valence-electron chi connectivity index (χ4n) is 3.16. The number of unbranched alkanes of at least 4 members (excludes halogenated alkanes) is 5. The Balaban J connectivity index is 1.61. The predicted octanol–water partition coefficient (Wildman–Crippen LogP) is 1.96. The molecule has 0 saturated heterocycles. The third-order valence-electron chi connectivity index (χ3n) is 4.88. The van der Waals surface area contributed by atoms with E-state index in [-0.39, 0.29) is 11.8 Å². The highest BCUT2D eigenvalue weighted by atomic mass is 16.5. The van der Waals surface area contributed by atoms with Crippen LogP contribution in [0.2, 0.25) is 0 Å². The van der Waals surface area contributed by atoms with Crippen LogP contribution in [-0.2, 0) is 13.1 Å². The Bertz CT molecular complexity index is 853. The molecule has 2 aromatic rings. The minimum Gasteiger partial charge on any atom is -0.492 e. The third kappa shape index (κ3) is 8.02. The van der Waals surface area contributed by atoms with Crippen molar-refractivity contribution < 1.29 is 4.74 Å². The molecule has 2 rings (SSSR count). The second kappa shape index (κ2) is 12.4. The van der Waals surface area contributed by atoms with Gasteiger partial charge in [-0.15, -0.1) is 0 Å². The van der Waals surface area contributed by atoms with Crippen molar-refractivity contribution in [3.8, 4) is 5.75 Å². The van der Waals surface area contributed by atoms with Crippen LogP contribution in [0.5, 0.6) is 5.75 Å². The number of imidazole rings is 1. The zero-order chi connectivity index (χ0) is 21.8. The average Bonchev–Trinajstić information content (AvgIpc) is 3.06. The molecule has 0 fully saturated rings. The fraction of sp³-hybridized carbons (Fsp3) is 0.476. The first-order valence-electron chi connectivity index (χ1n) is 10.4. The number of nitrogens with one attached hydrogen (secondary N) is 4. The number of nitrogen functional groups attached to an aromatic ring is 1. The Kier molecular flexibility index (Phi) is 9.50. The van der Waals surface area contributed by atoms with Crippen LogP contribution in [0.25, 0.3) is 0 Å². The molecular weight excluding hydrogens is 380 g/mol. The molecule has 1 aromatic carbocycles. The van der Waals surface area contributed by atoms with Gasteiger partial charge >= 0.3 is 0 Å². The number of aryl methyl sites for hydroxylation is 1. The van der Waals surface area contributed by atoms with E-state index >= 15 is 0 Å². The maximum absolute atomic E-state index is 8.31. The van der Waals surface area contributed by atoms with Gasteiger partial charge in [0.15, 0.2) is 5.96 Å². The molecule has 0 atom stereocenters. The highest BCUT2D eigenvalue weighted by Gasteiger charge is 2.02. The third-order valence-corrected chi connectivity index (χ3v) is 4.88. The van der Waals surface area contributed by atoms with Gasteiger partial charge in [0, 0.05) is 31.0 Å². The van der Waals surface area contributed by atoms with Crippen LogP contribution in [0.3, 0.4) is 0 Å². The number of nitrogens with zero attached hydrogens (tertiary/aromatic N) is 2. The summed E-state index contributed by atoms with van der Waals surface area (Å²) in [6.45, 7) is 2.70. The summed E-state index contributed by atoms with van der Waals surface area (Å²) in [7, 11) is 0.